The van der Waals surface area contributed by atoms with Gasteiger partial charge in [-0.15, -0.1) is 0 Å². The Morgan fingerprint density at radius 2 is 0.429 bits per heavy atom. The van der Waals surface area contributed by atoms with Gasteiger partial charge >= 0.3 is 0 Å². The maximum absolute atomic E-state index is 2.50. The zero-order valence-corrected chi connectivity index (χ0v) is 43.6. The van der Waals surface area contributed by atoms with Gasteiger partial charge in [0.05, 0.1) is 0 Å². The first-order valence-electron chi connectivity index (χ1n) is 25.7. The van der Waals surface area contributed by atoms with E-state index < -0.39 is 0 Å². The highest BCUT2D eigenvalue weighted by atomic mass is 14.4. The predicted octanol–water partition coefficient (Wildman–Crippen LogP) is 19.7. The number of hydrogen-bond donors (Lipinski definition) is 0. The van der Waals surface area contributed by atoms with Gasteiger partial charge in [0.1, 0.15) is 0 Å². The molecule has 0 aromatic heterocycles. The summed E-state index contributed by atoms with van der Waals surface area (Å²) in [5.74, 6) is 0. The standard InChI is InChI=1S/C70H68/c1-67(2,3)51-29-21-43(22-30-51)63-55-37-47-17-13-14-18-48(47)38-56(55)64(44-23-31-52(32-24-44)68(4,5)6)60-42-62-61(41-59(60)63)65(45-25-33-53(34-26-45)69(7,8)9)57-39-49-19-15-16-20-50(49)40-58(57)66(62)46-27-35-54(36-28-46)70(10,11)12/h13-40H,41-42H2,1-12H3. The van der Waals surface area contributed by atoms with E-state index in [4.69, 9.17) is 0 Å². The summed E-state index contributed by atoms with van der Waals surface area (Å²) < 4.78 is 0. The minimum Gasteiger partial charge on any atom is -0.0616 e. The lowest BCUT2D eigenvalue weighted by Crippen LogP contribution is -2.15. The van der Waals surface area contributed by atoms with Gasteiger partial charge in [0.2, 0.25) is 0 Å². The summed E-state index contributed by atoms with van der Waals surface area (Å²) in [6.07, 6.45) is 1.62. The Bertz CT molecular complexity index is 3170. The third-order valence-corrected chi connectivity index (χ3v) is 15.7. The van der Waals surface area contributed by atoms with E-state index in [-0.39, 0.29) is 21.7 Å². The number of hydrogen-bond acceptors (Lipinski definition) is 0. The molecule has 0 nitrogen and oxygen atoms in total. The van der Waals surface area contributed by atoms with Crippen molar-refractivity contribution in [3.63, 3.8) is 0 Å². The maximum atomic E-state index is 2.50. The van der Waals surface area contributed by atoms with Gasteiger partial charge in [-0.3, -0.25) is 0 Å². The topological polar surface area (TPSA) is 0 Å². The van der Waals surface area contributed by atoms with Gasteiger partial charge in [0.15, 0.2) is 0 Å². The van der Waals surface area contributed by atoms with Gasteiger partial charge in [-0.05, 0) is 191 Å². The third-order valence-electron chi connectivity index (χ3n) is 15.7. The van der Waals surface area contributed by atoms with Crippen LogP contribution in [-0.4, -0.2) is 0 Å². The highest BCUT2D eigenvalue weighted by Gasteiger charge is 2.32. The van der Waals surface area contributed by atoms with Gasteiger partial charge in [-0.2, -0.15) is 0 Å². The highest BCUT2D eigenvalue weighted by Crippen LogP contribution is 2.53. The number of rotatable bonds is 4. The zero-order chi connectivity index (χ0) is 49.1. The van der Waals surface area contributed by atoms with Crippen molar-refractivity contribution >= 4 is 43.1 Å². The van der Waals surface area contributed by atoms with Gasteiger partial charge in [-0.25, -0.2) is 0 Å². The minimum atomic E-state index is 0.0440. The van der Waals surface area contributed by atoms with Crippen molar-refractivity contribution in [3.05, 3.63) is 214 Å². The van der Waals surface area contributed by atoms with Crippen molar-refractivity contribution in [1.82, 2.24) is 0 Å². The normalized spacial score (nSPS) is 13.3. The molecule has 0 saturated carbocycles. The van der Waals surface area contributed by atoms with Gasteiger partial charge in [0.25, 0.3) is 0 Å². The third kappa shape index (κ3) is 7.95. The van der Waals surface area contributed by atoms with Crippen LogP contribution in [0.4, 0.5) is 0 Å². The van der Waals surface area contributed by atoms with Gasteiger partial charge in [0, 0.05) is 0 Å². The largest absolute Gasteiger partial charge is 0.0616 e. The molecule has 10 aromatic rings. The lowest BCUT2D eigenvalue weighted by atomic mass is 9.70. The fourth-order valence-corrected chi connectivity index (χ4v) is 11.6. The molecule has 0 aliphatic heterocycles. The average molecular weight is 909 g/mol. The van der Waals surface area contributed by atoms with E-state index in [1.165, 1.54) is 132 Å². The van der Waals surface area contributed by atoms with Crippen LogP contribution in [0, 0.1) is 0 Å². The van der Waals surface area contributed by atoms with Crippen molar-refractivity contribution in [3.8, 4) is 44.5 Å². The molecule has 1 aliphatic carbocycles. The molecule has 0 unspecified atom stereocenters. The summed E-state index contributed by atoms with van der Waals surface area (Å²) in [6.45, 7) is 27.8. The Balaban J connectivity index is 1.31. The number of benzene rings is 10. The molecule has 0 radical (unpaired) electrons. The van der Waals surface area contributed by atoms with Crippen LogP contribution in [-0.2, 0) is 34.5 Å². The first-order chi connectivity index (χ1) is 33.2. The number of fused-ring (bicyclic) bond motifs is 6. The van der Waals surface area contributed by atoms with Crippen molar-refractivity contribution in [2.45, 2.75) is 118 Å². The van der Waals surface area contributed by atoms with Crippen LogP contribution in [0.25, 0.3) is 87.6 Å². The average Bonchev–Trinajstić information content (AvgIpc) is 3.32. The van der Waals surface area contributed by atoms with Crippen LogP contribution in [0.3, 0.4) is 0 Å². The fourth-order valence-electron chi connectivity index (χ4n) is 11.6. The summed E-state index contributed by atoms with van der Waals surface area (Å²) >= 11 is 0. The van der Waals surface area contributed by atoms with Crippen LogP contribution in [0.15, 0.2) is 170 Å². The SMILES string of the molecule is CC(C)(C)c1ccc(-c2c3c(c(-c4ccc(C(C)(C)C)cc4)c4cc5ccccc5cc24)Cc2c(c(-c4ccc(C(C)(C)C)cc4)c4cc5ccccc5cc4c2-c2ccc(C(C)(C)C)cc2)C3)cc1. The van der Waals surface area contributed by atoms with Crippen molar-refractivity contribution in [1.29, 1.82) is 0 Å². The molecular formula is C70H68. The van der Waals surface area contributed by atoms with E-state index in [9.17, 15) is 0 Å². The van der Waals surface area contributed by atoms with Crippen LogP contribution < -0.4 is 0 Å². The van der Waals surface area contributed by atoms with Crippen molar-refractivity contribution in [2.75, 3.05) is 0 Å². The fraction of sp³-hybridized carbons (Fsp3) is 0.257. The first kappa shape index (κ1) is 45.7. The lowest BCUT2D eigenvalue weighted by Gasteiger charge is -2.33. The highest BCUT2D eigenvalue weighted by molar-refractivity contribution is 6.16. The van der Waals surface area contributed by atoms with E-state index in [2.05, 4.69) is 253 Å². The second kappa shape index (κ2) is 16.4. The van der Waals surface area contributed by atoms with Crippen LogP contribution in [0.2, 0.25) is 0 Å². The van der Waals surface area contributed by atoms with Crippen LogP contribution in [0.5, 0.6) is 0 Å². The molecule has 348 valence electrons. The molecular weight excluding hydrogens is 841 g/mol. The molecule has 0 heteroatoms. The zero-order valence-electron chi connectivity index (χ0n) is 43.6. The monoisotopic (exact) mass is 909 g/mol. The Labute approximate surface area is 417 Å². The molecule has 0 N–H and O–H groups in total. The molecule has 0 spiro atoms. The molecule has 0 atom stereocenters. The molecule has 0 saturated heterocycles. The molecule has 70 heavy (non-hydrogen) atoms. The molecule has 0 bridgehead atoms. The maximum Gasteiger partial charge on any atom is -0.000685 e. The summed E-state index contributed by atoms with van der Waals surface area (Å²) in [6, 6.07) is 66.3. The quantitative estimate of drug-likeness (QED) is 0.154. The predicted molar refractivity (Wildman–Crippen MR) is 305 cm³/mol. The van der Waals surface area contributed by atoms with E-state index in [1.54, 1.807) is 0 Å². The summed E-state index contributed by atoms with van der Waals surface area (Å²) in [5.41, 5.74) is 21.9. The Morgan fingerprint density at radius 3 is 0.600 bits per heavy atom. The molecule has 11 rings (SSSR count). The Kier molecular flexibility index (Phi) is 10.7. The van der Waals surface area contributed by atoms with Crippen LogP contribution in [0.1, 0.15) is 128 Å². The van der Waals surface area contributed by atoms with Crippen LogP contribution >= 0.6 is 0 Å². The molecule has 0 fully saturated rings. The smallest absolute Gasteiger partial charge is 0.000685 e. The summed E-state index contributed by atoms with van der Waals surface area (Å²) in [7, 11) is 0. The molecule has 10 aromatic carbocycles. The molecule has 0 heterocycles. The van der Waals surface area contributed by atoms with Gasteiger partial charge < -0.3 is 0 Å². The molecule has 1 aliphatic rings. The minimum absolute atomic E-state index is 0.0440. The summed E-state index contributed by atoms with van der Waals surface area (Å²) in [4.78, 5) is 0. The van der Waals surface area contributed by atoms with E-state index in [0.717, 1.165) is 12.8 Å². The lowest BCUT2D eigenvalue weighted by molar-refractivity contribution is 0.590. The van der Waals surface area contributed by atoms with Gasteiger partial charge in [-0.1, -0.05) is 229 Å². The second-order valence-corrected chi connectivity index (χ2v) is 24.6. The second-order valence-electron chi connectivity index (χ2n) is 24.6. The molecule has 0 amide bonds. The van der Waals surface area contributed by atoms with E-state index in [1.807, 2.05) is 0 Å². The van der Waals surface area contributed by atoms with E-state index in [0.29, 0.717) is 0 Å². The Morgan fingerprint density at radius 1 is 0.243 bits per heavy atom. The van der Waals surface area contributed by atoms with Crippen molar-refractivity contribution < 1.29 is 0 Å². The summed E-state index contributed by atoms with van der Waals surface area (Å²) in [5, 5.41) is 10.4. The Hall–Kier alpha value is -6.76. The van der Waals surface area contributed by atoms with Crippen molar-refractivity contribution in [2.24, 2.45) is 0 Å². The first-order valence-corrected chi connectivity index (χ1v) is 25.7. The van der Waals surface area contributed by atoms with E-state index >= 15 is 0 Å².